The van der Waals surface area contributed by atoms with Gasteiger partial charge in [-0.1, -0.05) is 12.1 Å². The molecule has 0 N–H and O–H groups in total. The van der Waals surface area contributed by atoms with Crippen LogP contribution in [0.25, 0.3) is 0 Å². The van der Waals surface area contributed by atoms with Crippen LogP contribution >= 0.6 is 0 Å². The molecule has 1 fully saturated rings. The Morgan fingerprint density at radius 3 is 2.89 bits per heavy atom. The van der Waals surface area contributed by atoms with E-state index in [4.69, 9.17) is 13.9 Å². The van der Waals surface area contributed by atoms with E-state index >= 15 is 0 Å². The molecule has 1 atom stereocenters. The van der Waals surface area contributed by atoms with E-state index in [2.05, 4.69) is 4.98 Å². The minimum atomic E-state index is -0.856. The number of aromatic nitrogens is 1. The van der Waals surface area contributed by atoms with Gasteiger partial charge in [0.05, 0.1) is 13.3 Å². The summed E-state index contributed by atoms with van der Waals surface area (Å²) in [5.41, 5.74) is 0.236. The van der Waals surface area contributed by atoms with Crippen molar-refractivity contribution in [1.82, 2.24) is 9.88 Å². The summed E-state index contributed by atoms with van der Waals surface area (Å²) in [6.07, 6.45) is 5.28. The maximum Gasteiger partial charge on any atom is 0.254 e. The lowest BCUT2D eigenvalue weighted by Gasteiger charge is -2.38. The summed E-state index contributed by atoms with van der Waals surface area (Å²) >= 11 is 0. The van der Waals surface area contributed by atoms with Crippen LogP contribution in [0, 0.1) is 0 Å². The van der Waals surface area contributed by atoms with Crippen molar-refractivity contribution in [3.63, 3.8) is 0 Å². The second-order valence-electron chi connectivity index (χ2n) is 7.42. The second kappa shape index (κ2) is 8.13. The number of hydrogen-bond acceptors (Lipinski definition) is 5. The maximum atomic E-state index is 12.9. The molecule has 1 aliphatic heterocycles. The highest BCUT2D eigenvalue weighted by Crippen LogP contribution is 2.33. The highest BCUT2D eigenvalue weighted by atomic mass is 16.5. The topological polar surface area (TPSA) is 64.8 Å². The molecule has 6 heteroatoms. The molecule has 0 aliphatic carbocycles. The normalized spacial score (nSPS) is 17.8. The van der Waals surface area contributed by atoms with Crippen LogP contribution in [0.4, 0.5) is 0 Å². The molecular formula is C21H28N2O4. The molecular weight excluding hydrogens is 344 g/mol. The molecule has 1 saturated heterocycles. The van der Waals surface area contributed by atoms with Crippen molar-refractivity contribution in [2.45, 2.75) is 51.2 Å². The molecule has 1 aliphatic rings. The molecule has 2 heterocycles. The fourth-order valence-corrected chi connectivity index (χ4v) is 3.41. The minimum absolute atomic E-state index is 0.0257. The molecule has 1 aromatic carbocycles. The summed E-state index contributed by atoms with van der Waals surface area (Å²) in [7, 11) is 3.22. The zero-order valence-corrected chi connectivity index (χ0v) is 16.5. The Hall–Kier alpha value is -2.34. The van der Waals surface area contributed by atoms with Crippen LogP contribution in [0.3, 0.4) is 0 Å². The van der Waals surface area contributed by atoms with E-state index in [9.17, 15) is 4.79 Å². The van der Waals surface area contributed by atoms with Crippen molar-refractivity contribution < 1.29 is 18.7 Å². The van der Waals surface area contributed by atoms with Gasteiger partial charge in [0.25, 0.3) is 5.91 Å². The van der Waals surface area contributed by atoms with Gasteiger partial charge in [-0.2, -0.15) is 0 Å². The van der Waals surface area contributed by atoms with E-state index in [0.29, 0.717) is 18.9 Å². The number of piperidine rings is 1. The molecule has 1 aromatic heterocycles. The molecule has 2 aromatic rings. The molecule has 0 bridgehead atoms. The number of hydrogen-bond donors (Lipinski definition) is 0. The average Bonchev–Trinajstić information content (AvgIpc) is 3.15. The SMILES string of the molecule is COc1cccc(Cc2cnc(C3CCCCN3C(=O)C(C)(C)OC)o2)c1. The van der Waals surface area contributed by atoms with Crippen molar-refractivity contribution >= 4 is 5.91 Å². The maximum absolute atomic E-state index is 12.9. The lowest BCUT2D eigenvalue weighted by atomic mass is 9.98. The molecule has 27 heavy (non-hydrogen) atoms. The summed E-state index contributed by atoms with van der Waals surface area (Å²) in [5.74, 6) is 2.18. The van der Waals surface area contributed by atoms with Gasteiger partial charge in [-0.05, 0) is 50.8 Å². The summed E-state index contributed by atoms with van der Waals surface area (Å²) in [5, 5.41) is 0. The van der Waals surface area contributed by atoms with Gasteiger partial charge in [-0.25, -0.2) is 4.98 Å². The first kappa shape index (κ1) is 19.4. The third kappa shape index (κ3) is 4.33. The molecule has 0 radical (unpaired) electrons. The quantitative estimate of drug-likeness (QED) is 0.773. The molecule has 3 rings (SSSR count). The van der Waals surface area contributed by atoms with E-state index in [1.807, 2.05) is 29.2 Å². The van der Waals surface area contributed by atoms with Gasteiger partial charge in [0.1, 0.15) is 23.2 Å². The van der Waals surface area contributed by atoms with E-state index in [1.165, 1.54) is 0 Å². The number of methoxy groups -OCH3 is 2. The minimum Gasteiger partial charge on any atom is -0.497 e. The number of ether oxygens (including phenoxy) is 2. The Labute approximate surface area is 160 Å². The average molecular weight is 372 g/mol. The largest absolute Gasteiger partial charge is 0.497 e. The number of carbonyl (C=O) groups is 1. The predicted octanol–water partition coefficient (Wildman–Crippen LogP) is 3.75. The van der Waals surface area contributed by atoms with Crippen LogP contribution in [0.5, 0.6) is 5.75 Å². The zero-order valence-electron chi connectivity index (χ0n) is 16.5. The standard InChI is InChI=1S/C21H28N2O4/c1-21(2,26-4)20(24)23-11-6-5-10-18(23)19-22-14-17(27-19)13-15-8-7-9-16(12-15)25-3/h7-9,12,14,18H,5-6,10-11,13H2,1-4H3. The van der Waals surface area contributed by atoms with Crippen LogP contribution in [0.15, 0.2) is 34.9 Å². The Balaban J connectivity index is 1.78. The van der Waals surface area contributed by atoms with Crippen molar-refractivity contribution in [2.75, 3.05) is 20.8 Å². The van der Waals surface area contributed by atoms with Crippen LogP contribution in [0.1, 0.15) is 56.4 Å². The van der Waals surface area contributed by atoms with Crippen LogP contribution < -0.4 is 4.74 Å². The van der Waals surface area contributed by atoms with Gasteiger partial charge >= 0.3 is 0 Å². The Bertz CT molecular complexity index is 784. The zero-order chi connectivity index (χ0) is 19.4. The number of likely N-dealkylation sites (tertiary alicyclic amines) is 1. The van der Waals surface area contributed by atoms with E-state index in [0.717, 1.165) is 36.3 Å². The van der Waals surface area contributed by atoms with Gasteiger partial charge in [0, 0.05) is 20.1 Å². The number of carbonyl (C=O) groups excluding carboxylic acids is 1. The number of amides is 1. The molecule has 0 saturated carbocycles. The number of oxazole rings is 1. The summed E-state index contributed by atoms with van der Waals surface area (Å²) in [6.45, 7) is 4.29. The summed E-state index contributed by atoms with van der Waals surface area (Å²) in [6, 6.07) is 7.75. The first-order valence-corrected chi connectivity index (χ1v) is 9.38. The van der Waals surface area contributed by atoms with Gasteiger partial charge in [-0.3, -0.25) is 4.79 Å². The molecule has 146 valence electrons. The van der Waals surface area contributed by atoms with Gasteiger partial charge in [0.15, 0.2) is 0 Å². The fraction of sp³-hybridized carbons (Fsp3) is 0.524. The Morgan fingerprint density at radius 2 is 2.15 bits per heavy atom. The van der Waals surface area contributed by atoms with Gasteiger partial charge in [0.2, 0.25) is 5.89 Å². The van der Waals surface area contributed by atoms with Crippen molar-refractivity contribution in [3.8, 4) is 5.75 Å². The third-order valence-electron chi connectivity index (χ3n) is 5.16. The Kier molecular flexibility index (Phi) is 5.85. The number of rotatable bonds is 6. The molecule has 6 nitrogen and oxygen atoms in total. The molecule has 0 spiro atoms. The Morgan fingerprint density at radius 1 is 1.33 bits per heavy atom. The van der Waals surface area contributed by atoms with E-state index in [1.54, 1.807) is 34.3 Å². The number of nitrogens with zero attached hydrogens (tertiary/aromatic N) is 2. The lowest BCUT2D eigenvalue weighted by molar-refractivity contribution is -0.155. The van der Waals surface area contributed by atoms with Crippen LogP contribution in [-0.2, 0) is 16.0 Å². The summed E-state index contributed by atoms with van der Waals surface area (Å²) in [4.78, 5) is 19.3. The smallest absolute Gasteiger partial charge is 0.254 e. The van der Waals surface area contributed by atoms with Crippen molar-refractivity contribution in [2.24, 2.45) is 0 Å². The predicted molar refractivity (Wildman–Crippen MR) is 102 cm³/mol. The third-order valence-corrected chi connectivity index (χ3v) is 5.16. The summed E-state index contributed by atoms with van der Waals surface area (Å²) < 4.78 is 16.7. The van der Waals surface area contributed by atoms with Gasteiger partial charge in [-0.15, -0.1) is 0 Å². The van der Waals surface area contributed by atoms with Crippen molar-refractivity contribution in [1.29, 1.82) is 0 Å². The van der Waals surface area contributed by atoms with Crippen LogP contribution in [0.2, 0.25) is 0 Å². The second-order valence-corrected chi connectivity index (χ2v) is 7.42. The highest BCUT2D eigenvalue weighted by Gasteiger charge is 2.38. The van der Waals surface area contributed by atoms with Gasteiger partial charge < -0.3 is 18.8 Å². The van der Waals surface area contributed by atoms with Crippen molar-refractivity contribution in [3.05, 3.63) is 47.7 Å². The monoisotopic (exact) mass is 372 g/mol. The highest BCUT2D eigenvalue weighted by molar-refractivity contribution is 5.84. The van der Waals surface area contributed by atoms with E-state index < -0.39 is 5.60 Å². The van der Waals surface area contributed by atoms with Crippen LogP contribution in [-0.4, -0.2) is 42.2 Å². The van der Waals surface area contributed by atoms with E-state index in [-0.39, 0.29) is 11.9 Å². The first-order chi connectivity index (χ1) is 12.9. The molecule has 1 amide bonds. The lowest BCUT2D eigenvalue weighted by Crippen LogP contribution is -2.49. The fourth-order valence-electron chi connectivity index (χ4n) is 3.41. The number of benzene rings is 1. The molecule has 1 unspecified atom stereocenters. The first-order valence-electron chi connectivity index (χ1n) is 9.38.